The Balaban J connectivity index is 1.89. The molecular weight excluding hydrogens is 306 g/mol. The van der Waals surface area contributed by atoms with E-state index in [-0.39, 0.29) is 18.2 Å². The van der Waals surface area contributed by atoms with Gasteiger partial charge in [-0.1, -0.05) is 6.07 Å². The van der Waals surface area contributed by atoms with Gasteiger partial charge in [-0.05, 0) is 31.0 Å². The average molecular weight is 325 g/mol. The van der Waals surface area contributed by atoms with Crippen LogP contribution in [0.2, 0.25) is 0 Å². The molecule has 1 aliphatic rings. The fourth-order valence-electron chi connectivity index (χ4n) is 2.06. The van der Waals surface area contributed by atoms with Crippen LogP contribution in [0.1, 0.15) is 19.3 Å². The van der Waals surface area contributed by atoms with Gasteiger partial charge in [0, 0.05) is 35.3 Å². The molecule has 114 valence electrons. The van der Waals surface area contributed by atoms with Crippen LogP contribution in [0.5, 0.6) is 0 Å². The van der Waals surface area contributed by atoms with Crippen LogP contribution in [0.4, 0.5) is 5.69 Å². The number of nitrogens with zero attached hydrogens (tertiary/aromatic N) is 2. The summed E-state index contributed by atoms with van der Waals surface area (Å²) in [4.78, 5) is 0.972. The van der Waals surface area contributed by atoms with E-state index < -0.39 is 10.0 Å². The van der Waals surface area contributed by atoms with Gasteiger partial charge in [-0.15, -0.1) is 11.8 Å². The van der Waals surface area contributed by atoms with Gasteiger partial charge in [0.1, 0.15) is 0 Å². The van der Waals surface area contributed by atoms with Gasteiger partial charge >= 0.3 is 0 Å². The predicted molar refractivity (Wildman–Crippen MR) is 85.3 cm³/mol. The maximum Gasteiger partial charge on any atom is 0.215 e. The minimum Gasteiger partial charge on any atom is -0.399 e. The van der Waals surface area contributed by atoms with Crippen LogP contribution >= 0.6 is 11.8 Å². The Kier molecular flexibility index (Phi) is 5.51. The zero-order valence-corrected chi connectivity index (χ0v) is 13.4. The summed E-state index contributed by atoms with van der Waals surface area (Å²) < 4.78 is 26.2. The Morgan fingerprint density at radius 2 is 2.19 bits per heavy atom. The lowest BCUT2D eigenvalue weighted by Crippen LogP contribution is -2.36. The number of nitrogen functional groups attached to an aromatic ring is 1. The summed E-state index contributed by atoms with van der Waals surface area (Å²) in [6, 6.07) is 9.55. The minimum atomic E-state index is -3.28. The molecule has 0 spiro atoms. The second kappa shape index (κ2) is 7.16. The number of hydrogen-bond acceptors (Lipinski definition) is 5. The van der Waals surface area contributed by atoms with E-state index in [9.17, 15) is 8.42 Å². The molecule has 1 saturated carbocycles. The first kappa shape index (κ1) is 16.1. The highest BCUT2D eigenvalue weighted by Crippen LogP contribution is 2.30. The Bertz CT molecular complexity index is 621. The third kappa shape index (κ3) is 4.92. The summed E-state index contributed by atoms with van der Waals surface area (Å²) in [5.41, 5.74) is 6.37. The summed E-state index contributed by atoms with van der Waals surface area (Å²) in [6.07, 6.45) is 2.07. The number of nitriles is 1. The van der Waals surface area contributed by atoms with Crippen molar-refractivity contribution >= 4 is 27.5 Å². The van der Waals surface area contributed by atoms with E-state index in [2.05, 4.69) is 0 Å². The van der Waals surface area contributed by atoms with E-state index in [0.29, 0.717) is 18.0 Å². The van der Waals surface area contributed by atoms with Crippen molar-refractivity contribution in [3.63, 3.8) is 0 Å². The zero-order chi connectivity index (χ0) is 15.3. The number of hydrogen-bond donors (Lipinski definition) is 1. The number of rotatable bonds is 8. The highest BCUT2D eigenvalue weighted by atomic mass is 32.2. The number of anilines is 1. The highest BCUT2D eigenvalue weighted by molar-refractivity contribution is 8.00. The van der Waals surface area contributed by atoms with Crippen molar-refractivity contribution in [2.45, 2.75) is 30.2 Å². The topological polar surface area (TPSA) is 87.2 Å². The normalized spacial score (nSPS) is 15.0. The van der Waals surface area contributed by atoms with Gasteiger partial charge in [-0.3, -0.25) is 0 Å². The molecule has 5 nitrogen and oxygen atoms in total. The van der Waals surface area contributed by atoms with Crippen molar-refractivity contribution in [2.24, 2.45) is 0 Å². The molecule has 0 saturated heterocycles. The molecule has 1 fully saturated rings. The standard InChI is InChI=1S/C14H19N3O2S2/c15-7-2-8-17(13-5-6-13)21(18,19)10-9-20-14-4-1-3-12(16)11-14/h1,3-4,11,13H,2,5-6,8-10,16H2. The first-order valence-corrected chi connectivity index (χ1v) is 9.47. The second-order valence-corrected chi connectivity index (χ2v) is 8.20. The first-order chi connectivity index (χ1) is 10.0. The van der Waals surface area contributed by atoms with E-state index in [1.165, 1.54) is 16.1 Å². The number of thioether (sulfide) groups is 1. The minimum absolute atomic E-state index is 0.0917. The Labute approximate surface area is 130 Å². The molecule has 0 aliphatic heterocycles. The van der Waals surface area contributed by atoms with Crippen molar-refractivity contribution in [3.8, 4) is 6.07 Å². The second-order valence-electron chi connectivity index (χ2n) is 4.99. The number of nitrogens with two attached hydrogens (primary N) is 1. The van der Waals surface area contributed by atoms with Crippen LogP contribution in [0.15, 0.2) is 29.2 Å². The van der Waals surface area contributed by atoms with Crippen molar-refractivity contribution in [1.29, 1.82) is 5.26 Å². The number of sulfonamides is 1. The van der Waals surface area contributed by atoms with Crippen LogP contribution in [0, 0.1) is 11.3 Å². The van der Waals surface area contributed by atoms with Crippen molar-refractivity contribution in [1.82, 2.24) is 4.31 Å². The van der Waals surface area contributed by atoms with Crippen LogP contribution in [0.3, 0.4) is 0 Å². The molecule has 7 heteroatoms. The fraction of sp³-hybridized carbons (Fsp3) is 0.500. The molecule has 2 rings (SSSR count). The summed E-state index contributed by atoms with van der Waals surface area (Å²) >= 11 is 1.48. The molecule has 0 bridgehead atoms. The van der Waals surface area contributed by atoms with Crippen molar-refractivity contribution in [2.75, 3.05) is 23.8 Å². The van der Waals surface area contributed by atoms with Crippen LogP contribution in [0.25, 0.3) is 0 Å². The maximum atomic E-state index is 12.4. The molecule has 0 aromatic heterocycles. The Morgan fingerprint density at radius 3 is 2.81 bits per heavy atom. The molecule has 1 aliphatic carbocycles. The van der Waals surface area contributed by atoms with Gasteiger partial charge in [0.15, 0.2) is 0 Å². The SMILES string of the molecule is N#CCCN(C1CC1)S(=O)(=O)CCSc1cccc(N)c1. The lowest BCUT2D eigenvalue weighted by molar-refractivity contribution is 0.412. The molecule has 21 heavy (non-hydrogen) atoms. The van der Waals surface area contributed by atoms with E-state index >= 15 is 0 Å². The summed E-state index contributed by atoms with van der Waals surface area (Å²) in [6.45, 7) is 0.312. The third-order valence-corrected chi connectivity index (χ3v) is 6.39. The van der Waals surface area contributed by atoms with Gasteiger partial charge in [0.05, 0.1) is 11.8 Å². The van der Waals surface area contributed by atoms with Crippen molar-refractivity contribution in [3.05, 3.63) is 24.3 Å². The Morgan fingerprint density at radius 1 is 1.43 bits per heavy atom. The zero-order valence-electron chi connectivity index (χ0n) is 11.7. The fourth-order valence-corrected chi connectivity index (χ4v) is 5.13. The van der Waals surface area contributed by atoms with Gasteiger partial charge in [0.25, 0.3) is 0 Å². The van der Waals surface area contributed by atoms with Crippen LogP contribution in [-0.4, -0.2) is 36.8 Å². The molecule has 0 heterocycles. The molecule has 1 aromatic carbocycles. The molecule has 0 amide bonds. The smallest absolute Gasteiger partial charge is 0.215 e. The van der Waals surface area contributed by atoms with Crippen LogP contribution < -0.4 is 5.73 Å². The van der Waals surface area contributed by atoms with Gasteiger partial charge in [0.2, 0.25) is 10.0 Å². The summed E-state index contributed by atoms with van der Waals surface area (Å²) in [5, 5.41) is 8.65. The van der Waals surface area contributed by atoms with Gasteiger partial charge in [-0.2, -0.15) is 9.57 Å². The van der Waals surface area contributed by atoms with E-state index in [4.69, 9.17) is 11.0 Å². The third-order valence-electron chi connectivity index (χ3n) is 3.22. The first-order valence-electron chi connectivity index (χ1n) is 6.88. The Hall–Kier alpha value is -1.23. The lowest BCUT2D eigenvalue weighted by Gasteiger charge is -2.20. The average Bonchev–Trinajstić information content (AvgIpc) is 3.23. The quantitative estimate of drug-likeness (QED) is 0.584. The molecular formula is C14H19N3O2S2. The lowest BCUT2D eigenvalue weighted by atomic mass is 10.3. The van der Waals surface area contributed by atoms with Gasteiger partial charge in [-0.25, -0.2) is 8.42 Å². The summed E-state index contributed by atoms with van der Waals surface area (Å²) in [5.74, 6) is 0.579. The van der Waals surface area contributed by atoms with E-state index in [1.54, 1.807) is 6.07 Å². The highest BCUT2D eigenvalue weighted by Gasteiger charge is 2.36. The molecule has 0 unspecified atom stereocenters. The monoisotopic (exact) mass is 325 g/mol. The van der Waals surface area contributed by atoms with E-state index in [1.807, 2.05) is 24.3 Å². The van der Waals surface area contributed by atoms with Crippen LogP contribution in [-0.2, 0) is 10.0 Å². The predicted octanol–water partition coefficient (Wildman–Crippen LogP) is 2.07. The molecule has 0 atom stereocenters. The van der Waals surface area contributed by atoms with Gasteiger partial charge < -0.3 is 5.73 Å². The molecule has 0 radical (unpaired) electrons. The van der Waals surface area contributed by atoms with E-state index in [0.717, 1.165) is 17.7 Å². The number of benzene rings is 1. The van der Waals surface area contributed by atoms with Crippen molar-refractivity contribution < 1.29 is 8.42 Å². The summed E-state index contributed by atoms with van der Waals surface area (Å²) in [7, 11) is -3.28. The molecule has 1 aromatic rings. The maximum absolute atomic E-state index is 12.4. The largest absolute Gasteiger partial charge is 0.399 e. The molecule has 2 N–H and O–H groups in total.